The number of carbonyl (C=O) groups is 2. The molecule has 5 saturated heterocycles. The highest BCUT2D eigenvalue weighted by molar-refractivity contribution is 6.00. The number of ether oxygens (including phenoxy) is 2. The van der Waals surface area contributed by atoms with Gasteiger partial charge in [0.15, 0.2) is 12.5 Å². The number of hydrogen-bond acceptors (Lipinski definition) is 13. The molecule has 5 aliphatic rings. The number of aliphatic hydroxyl groups excluding tert-OH is 5. The summed E-state index contributed by atoms with van der Waals surface area (Å²) >= 11 is 0. The van der Waals surface area contributed by atoms with Crippen LogP contribution in [-0.2, 0) is 28.7 Å². The van der Waals surface area contributed by atoms with Crippen molar-refractivity contribution < 1.29 is 54.3 Å². The molecule has 5 fully saturated rings. The zero-order valence-corrected chi connectivity index (χ0v) is 19.1. The van der Waals surface area contributed by atoms with E-state index in [1.807, 2.05) is 0 Å². The van der Waals surface area contributed by atoms with Gasteiger partial charge < -0.3 is 45.6 Å². The van der Waals surface area contributed by atoms with E-state index in [-0.39, 0.29) is 25.9 Å². The van der Waals surface area contributed by atoms with Crippen LogP contribution in [0.25, 0.3) is 0 Å². The topological polar surface area (TPSA) is 203 Å². The van der Waals surface area contributed by atoms with E-state index in [0.29, 0.717) is 19.4 Å². The number of aliphatic hydroxyl groups is 5. The number of nitrogens with zero attached hydrogens (tertiary/aromatic N) is 2. The Morgan fingerprint density at radius 1 is 0.857 bits per heavy atom. The van der Waals surface area contributed by atoms with Crippen LogP contribution in [0.15, 0.2) is 0 Å². The van der Waals surface area contributed by atoms with Crippen LogP contribution in [0.5, 0.6) is 0 Å². The molecule has 0 aromatic heterocycles. The highest BCUT2D eigenvalue weighted by Gasteiger charge is 2.60. The van der Waals surface area contributed by atoms with Crippen molar-refractivity contribution in [2.45, 2.75) is 93.2 Å². The Balaban J connectivity index is 1.27. The molecule has 198 valence electrons. The Morgan fingerprint density at radius 3 is 2.11 bits per heavy atom. The summed E-state index contributed by atoms with van der Waals surface area (Å²) in [6.07, 6.45) is -8.06. The van der Waals surface area contributed by atoms with Gasteiger partial charge >= 0.3 is 0 Å². The Labute approximate surface area is 200 Å². The molecule has 2 spiro atoms. The van der Waals surface area contributed by atoms with E-state index >= 15 is 0 Å². The number of nitrogens with one attached hydrogen (secondary N) is 2. The predicted octanol–water partition coefficient (Wildman–Crippen LogP) is -4.41. The third-order valence-corrected chi connectivity index (χ3v) is 7.25. The van der Waals surface area contributed by atoms with E-state index < -0.39 is 72.4 Å². The second-order valence-electron chi connectivity index (χ2n) is 9.74. The number of carbonyl (C=O) groups excluding carboxylic acids is 2. The molecule has 5 aliphatic heterocycles. The van der Waals surface area contributed by atoms with Gasteiger partial charge in [-0.25, -0.2) is 0 Å². The summed E-state index contributed by atoms with van der Waals surface area (Å²) in [5.74, 6) is -1.29. The Hall–Kier alpha value is -1.50. The van der Waals surface area contributed by atoms with Crippen LogP contribution >= 0.6 is 0 Å². The van der Waals surface area contributed by atoms with Gasteiger partial charge in [-0.2, -0.15) is 10.1 Å². The lowest BCUT2D eigenvalue weighted by molar-refractivity contribution is -0.374. The molecule has 0 bridgehead atoms. The molecule has 0 saturated carbocycles. The standard InChI is InChI=1S/C20H32N4O11/c1-9-11(25)13(27)14(28)15(32-9)24-7-3-5-20(35-24)18(31)21-19(17(30)22-20)4-2-6-23(34-19)8-10-12(26)16(29)33-10/h9-16,25-29H,2-8H2,1H3,(H,21,31)(H,22,30). The number of hydroxylamine groups is 4. The predicted molar refractivity (Wildman–Crippen MR) is 110 cm³/mol. The molecule has 0 aromatic rings. The molecular formula is C20H32N4O11. The summed E-state index contributed by atoms with van der Waals surface area (Å²) in [7, 11) is 0. The molecule has 0 aromatic carbocycles. The number of rotatable bonds is 3. The number of amides is 2. The molecule has 10 atom stereocenters. The van der Waals surface area contributed by atoms with E-state index in [2.05, 4.69) is 10.6 Å². The van der Waals surface area contributed by atoms with Gasteiger partial charge in [0.1, 0.15) is 30.5 Å². The van der Waals surface area contributed by atoms with Crippen molar-refractivity contribution in [2.75, 3.05) is 19.6 Å². The van der Waals surface area contributed by atoms with Gasteiger partial charge in [0.25, 0.3) is 11.8 Å². The van der Waals surface area contributed by atoms with Crippen LogP contribution in [0.4, 0.5) is 0 Å². The summed E-state index contributed by atoms with van der Waals surface area (Å²) in [4.78, 5) is 38.3. The van der Waals surface area contributed by atoms with Crippen molar-refractivity contribution in [1.29, 1.82) is 0 Å². The van der Waals surface area contributed by atoms with Crippen molar-refractivity contribution in [3.63, 3.8) is 0 Å². The Bertz CT molecular complexity index is 852. The minimum atomic E-state index is -1.78. The maximum Gasteiger partial charge on any atom is 0.277 e. The summed E-state index contributed by atoms with van der Waals surface area (Å²) in [5.41, 5.74) is -3.47. The van der Waals surface area contributed by atoms with Gasteiger partial charge in [-0.05, 0) is 19.8 Å². The molecule has 35 heavy (non-hydrogen) atoms. The maximum absolute atomic E-state index is 13.3. The van der Waals surface area contributed by atoms with Crippen molar-refractivity contribution in [3.8, 4) is 0 Å². The third kappa shape index (κ3) is 4.23. The minimum Gasteiger partial charge on any atom is -0.388 e. The smallest absolute Gasteiger partial charge is 0.277 e. The zero-order valence-electron chi connectivity index (χ0n) is 19.1. The number of hydrogen-bond donors (Lipinski definition) is 7. The summed E-state index contributed by atoms with van der Waals surface area (Å²) in [6, 6.07) is 0. The van der Waals surface area contributed by atoms with Crippen LogP contribution in [-0.4, -0.2) is 128 Å². The second kappa shape index (κ2) is 9.11. The fraction of sp³-hybridized carbons (Fsp3) is 0.900. The molecule has 15 heteroatoms. The van der Waals surface area contributed by atoms with Crippen molar-refractivity contribution >= 4 is 11.8 Å². The molecule has 5 heterocycles. The van der Waals surface area contributed by atoms with Gasteiger partial charge in [-0.15, -0.1) is 0 Å². The first kappa shape index (κ1) is 25.2. The second-order valence-corrected chi connectivity index (χ2v) is 9.74. The van der Waals surface area contributed by atoms with Gasteiger partial charge in [-0.3, -0.25) is 19.3 Å². The quantitative estimate of drug-likeness (QED) is 0.194. The van der Waals surface area contributed by atoms with Crippen molar-refractivity contribution in [3.05, 3.63) is 0 Å². The third-order valence-electron chi connectivity index (χ3n) is 7.25. The fourth-order valence-electron chi connectivity index (χ4n) is 5.12. The van der Waals surface area contributed by atoms with Gasteiger partial charge in [0.05, 0.1) is 12.6 Å². The Morgan fingerprint density at radius 2 is 1.49 bits per heavy atom. The summed E-state index contributed by atoms with van der Waals surface area (Å²) in [5, 5.41) is 57.5. The van der Waals surface area contributed by atoms with Crippen LogP contribution in [0.1, 0.15) is 32.6 Å². The van der Waals surface area contributed by atoms with Crippen LogP contribution in [0, 0.1) is 0 Å². The molecule has 7 N–H and O–H groups in total. The minimum absolute atomic E-state index is 0.0851. The highest BCUT2D eigenvalue weighted by atomic mass is 16.8. The van der Waals surface area contributed by atoms with Crippen molar-refractivity contribution in [1.82, 2.24) is 20.8 Å². The first-order chi connectivity index (χ1) is 16.5. The molecule has 15 nitrogen and oxygen atoms in total. The first-order valence-corrected chi connectivity index (χ1v) is 11.8. The lowest BCUT2D eigenvalue weighted by atomic mass is 9.94. The van der Waals surface area contributed by atoms with Crippen LogP contribution in [0.3, 0.4) is 0 Å². The van der Waals surface area contributed by atoms with E-state index in [0.717, 1.165) is 0 Å². The van der Waals surface area contributed by atoms with Crippen LogP contribution in [0.2, 0.25) is 0 Å². The molecule has 0 radical (unpaired) electrons. The number of piperazine rings is 1. The van der Waals surface area contributed by atoms with Gasteiger partial charge in [0, 0.05) is 25.9 Å². The SMILES string of the molecule is CC1OC(N2CCCC3(NC(=O)C4(CCCN(CC5OC(O)C5O)O4)NC3=O)O2)C(O)C(O)C1O. The maximum atomic E-state index is 13.3. The monoisotopic (exact) mass is 504 g/mol. The molecule has 0 aliphatic carbocycles. The zero-order chi connectivity index (χ0) is 25.1. The van der Waals surface area contributed by atoms with Gasteiger partial charge in [0.2, 0.25) is 11.4 Å². The fourth-order valence-corrected chi connectivity index (χ4v) is 5.12. The highest BCUT2D eigenvalue weighted by Crippen LogP contribution is 2.35. The molecule has 2 amide bonds. The lowest BCUT2D eigenvalue weighted by Crippen LogP contribution is -2.80. The van der Waals surface area contributed by atoms with E-state index in [1.165, 1.54) is 17.1 Å². The van der Waals surface area contributed by atoms with Gasteiger partial charge in [-0.1, -0.05) is 0 Å². The van der Waals surface area contributed by atoms with Crippen molar-refractivity contribution in [2.24, 2.45) is 0 Å². The molecule has 5 rings (SSSR count). The average Bonchev–Trinajstić information content (AvgIpc) is 2.84. The van der Waals surface area contributed by atoms with Crippen LogP contribution < -0.4 is 10.6 Å². The normalized spacial score (nSPS) is 49.5. The summed E-state index contributed by atoms with van der Waals surface area (Å²) in [6.45, 7) is 2.28. The Kier molecular flexibility index (Phi) is 6.55. The first-order valence-electron chi connectivity index (χ1n) is 11.8. The summed E-state index contributed by atoms with van der Waals surface area (Å²) < 4.78 is 10.7. The van der Waals surface area contributed by atoms with E-state index in [1.54, 1.807) is 0 Å². The van der Waals surface area contributed by atoms with E-state index in [4.69, 9.17) is 19.1 Å². The average molecular weight is 504 g/mol. The molecule has 10 unspecified atom stereocenters. The lowest BCUT2D eigenvalue weighted by Gasteiger charge is -2.52. The molecular weight excluding hydrogens is 472 g/mol. The largest absolute Gasteiger partial charge is 0.388 e. The van der Waals surface area contributed by atoms with E-state index in [9.17, 15) is 35.1 Å².